The Balaban J connectivity index is 2.70. The zero-order valence-electron chi connectivity index (χ0n) is 11.1. The Bertz CT molecular complexity index is 527. The average molecular weight is 345 g/mol. The van der Waals surface area contributed by atoms with Crippen LogP contribution in [0.1, 0.15) is 19.3 Å². The van der Waals surface area contributed by atoms with Crippen molar-refractivity contribution >= 4 is 37.6 Å². The van der Waals surface area contributed by atoms with E-state index in [1.807, 2.05) is 0 Å². The number of nitrogens with one attached hydrogen (secondary N) is 1. The van der Waals surface area contributed by atoms with Crippen LogP contribution in [0, 0.1) is 0 Å². The first-order valence-corrected chi connectivity index (χ1v) is 10.9. The molecule has 0 bridgehead atoms. The number of hydrogen-bond donors (Lipinski definition) is 2. The Morgan fingerprint density at radius 2 is 1.95 bits per heavy atom. The van der Waals surface area contributed by atoms with Gasteiger partial charge in [-0.1, -0.05) is 0 Å². The van der Waals surface area contributed by atoms with Crippen molar-refractivity contribution in [2.75, 3.05) is 23.5 Å². The summed E-state index contributed by atoms with van der Waals surface area (Å²) in [6, 6.07) is -1.16. The average Bonchev–Trinajstić information content (AvgIpc) is 2.33. The SMILES string of the molecule is CSCCC(NS(=O)(=O)C1CCS(=O)(=O)CC1)C(=O)O. The summed E-state index contributed by atoms with van der Waals surface area (Å²) in [7, 11) is -6.96. The van der Waals surface area contributed by atoms with Gasteiger partial charge in [-0.2, -0.15) is 11.8 Å². The molecule has 0 aromatic heterocycles. The van der Waals surface area contributed by atoms with Gasteiger partial charge in [0.1, 0.15) is 15.9 Å². The molecule has 0 radical (unpaired) electrons. The van der Waals surface area contributed by atoms with Crippen LogP contribution in [0.4, 0.5) is 0 Å². The first-order valence-electron chi connectivity index (χ1n) is 6.11. The van der Waals surface area contributed by atoms with E-state index in [0.29, 0.717) is 5.75 Å². The molecule has 1 atom stereocenters. The number of hydrogen-bond acceptors (Lipinski definition) is 6. The molecule has 1 heterocycles. The monoisotopic (exact) mass is 345 g/mol. The van der Waals surface area contributed by atoms with Crippen molar-refractivity contribution in [3.8, 4) is 0 Å². The van der Waals surface area contributed by atoms with Crippen molar-refractivity contribution in [2.24, 2.45) is 0 Å². The highest BCUT2D eigenvalue weighted by Gasteiger charge is 2.35. The van der Waals surface area contributed by atoms with E-state index in [4.69, 9.17) is 5.11 Å². The third-order valence-electron chi connectivity index (χ3n) is 3.16. The Hall–Kier alpha value is -0.320. The van der Waals surface area contributed by atoms with Crippen LogP contribution in [-0.2, 0) is 24.7 Å². The Morgan fingerprint density at radius 3 is 2.40 bits per heavy atom. The van der Waals surface area contributed by atoms with Crippen molar-refractivity contribution in [3.05, 3.63) is 0 Å². The van der Waals surface area contributed by atoms with Gasteiger partial charge in [-0.05, 0) is 31.3 Å². The van der Waals surface area contributed by atoms with Crippen molar-refractivity contribution in [1.29, 1.82) is 0 Å². The Morgan fingerprint density at radius 1 is 1.40 bits per heavy atom. The lowest BCUT2D eigenvalue weighted by molar-refractivity contribution is -0.139. The predicted molar refractivity (Wildman–Crippen MR) is 78.2 cm³/mol. The van der Waals surface area contributed by atoms with E-state index in [1.54, 1.807) is 6.26 Å². The van der Waals surface area contributed by atoms with E-state index in [9.17, 15) is 21.6 Å². The topological polar surface area (TPSA) is 118 Å². The number of carboxylic acid groups (broad SMARTS) is 1. The van der Waals surface area contributed by atoms with E-state index in [1.165, 1.54) is 11.8 Å². The number of sulfone groups is 1. The molecule has 7 nitrogen and oxygen atoms in total. The summed E-state index contributed by atoms with van der Waals surface area (Å²) < 4.78 is 49.0. The molecule has 0 aromatic rings. The summed E-state index contributed by atoms with van der Waals surface area (Å²) in [5, 5.41) is 8.18. The maximum absolute atomic E-state index is 12.1. The van der Waals surface area contributed by atoms with Crippen molar-refractivity contribution in [2.45, 2.75) is 30.6 Å². The normalized spacial score (nSPS) is 21.4. The fraction of sp³-hybridized carbons (Fsp3) is 0.900. The smallest absolute Gasteiger partial charge is 0.321 e. The summed E-state index contributed by atoms with van der Waals surface area (Å²) in [5.74, 6) is -1.02. The van der Waals surface area contributed by atoms with E-state index in [-0.39, 0.29) is 30.8 Å². The minimum absolute atomic E-state index is 0.0204. The molecule has 1 aliphatic rings. The predicted octanol–water partition coefficient (Wildman–Crippen LogP) is -0.311. The van der Waals surface area contributed by atoms with Gasteiger partial charge in [0.25, 0.3) is 0 Å². The summed E-state index contributed by atoms with van der Waals surface area (Å²) in [4.78, 5) is 11.0. The largest absolute Gasteiger partial charge is 0.480 e. The highest BCUT2D eigenvalue weighted by molar-refractivity contribution is 7.98. The quantitative estimate of drug-likeness (QED) is 0.650. The molecule has 0 aliphatic carbocycles. The lowest BCUT2D eigenvalue weighted by Gasteiger charge is -2.24. The fourth-order valence-corrected chi connectivity index (χ4v) is 5.87. The van der Waals surface area contributed by atoms with Gasteiger partial charge < -0.3 is 5.11 Å². The zero-order chi connectivity index (χ0) is 15.4. The fourth-order valence-electron chi connectivity index (χ4n) is 1.94. The van der Waals surface area contributed by atoms with Crippen molar-refractivity contribution in [1.82, 2.24) is 4.72 Å². The summed E-state index contributed by atoms with van der Waals surface area (Å²) in [5.41, 5.74) is 0. The molecule has 1 rings (SSSR count). The van der Waals surface area contributed by atoms with Gasteiger partial charge in [-0.15, -0.1) is 0 Å². The van der Waals surface area contributed by atoms with Gasteiger partial charge in [0, 0.05) is 0 Å². The molecule has 0 spiro atoms. The standard InChI is InChI=1S/C10H19NO6S3/c1-18-5-2-9(10(12)13)11-20(16,17)8-3-6-19(14,15)7-4-8/h8-9,11H,2-7H2,1H3,(H,12,13). The van der Waals surface area contributed by atoms with Crippen LogP contribution in [-0.4, -0.2) is 62.7 Å². The maximum Gasteiger partial charge on any atom is 0.321 e. The van der Waals surface area contributed by atoms with Crippen LogP contribution in [0.5, 0.6) is 0 Å². The summed E-state index contributed by atoms with van der Waals surface area (Å²) in [6.45, 7) is 0. The van der Waals surface area contributed by atoms with Crippen LogP contribution in [0.2, 0.25) is 0 Å². The highest BCUT2D eigenvalue weighted by atomic mass is 32.2. The molecule has 1 aliphatic heterocycles. The van der Waals surface area contributed by atoms with Crippen molar-refractivity contribution in [3.63, 3.8) is 0 Å². The molecule has 118 valence electrons. The molecule has 2 N–H and O–H groups in total. The maximum atomic E-state index is 12.1. The van der Waals surface area contributed by atoms with Gasteiger partial charge in [0.15, 0.2) is 0 Å². The number of rotatable bonds is 7. The second-order valence-corrected chi connectivity index (χ2v) is 9.97. The zero-order valence-corrected chi connectivity index (χ0v) is 13.6. The van der Waals surface area contributed by atoms with Gasteiger partial charge in [-0.3, -0.25) is 4.79 Å². The van der Waals surface area contributed by atoms with E-state index >= 15 is 0 Å². The molecule has 1 unspecified atom stereocenters. The van der Waals surface area contributed by atoms with E-state index in [2.05, 4.69) is 4.72 Å². The third kappa shape index (κ3) is 5.23. The van der Waals surface area contributed by atoms with Crippen LogP contribution >= 0.6 is 11.8 Å². The molecule has 1 fully saturated rings. The minimum atomic E-state index is -3.81. The highest BCUT2D eigenvalue weighted by Crippen LogP contribution is 2.19. The number of thioether (sulfide) groups is 1. The molecule has 0 aromatic carbocycles. The van der Waals surface area contributed by atoms with Crippen LogP contribution < -0.4 is 4.72 Å². The molecule has 0 saturated carbocycles. The van der Waals surface area contributed by atoms with Crippen molar-refractivity contribution < 1.29 is 26.7 Å². The van der Waals surface area contributed by atoms with Crippen LogP contribution in [0.15, 0.2) is 0 Å². The van der Waals surface area contributed by atoms with E-state index in [0.717, 1.165) is 0 Å². The van der Waals surface area contributed by atoms with Crippen LogP contribution in [0.3, 0.4) is 0 Å². The molecule has 1 saturated heterocycles. The lowest BCUT2D eigenvalue weighted by Crippen LogP contribution is -2.47. The third-order valence-corrected chi connectivity index (χ3v) is 7.48. The Kier molecular flexibility index (Phi) is 6.29. The second-order valence-electron chi connectivity index (χ2n) is 4.69. The molecule has 10 heteroatoms. The summed E-state index contributed by atoms with van der Waals surface area (Å²) in [6.07, 6.45) is 2.04. The van der Waals surface area contributed by atoms with Crippen LogP contribution in [0.25, 0.3) is 0 Å². The minimum Gasteiger partial charge on any atom is -0.480 e. The molecular weight excluding hydrogens is 326 g/mol. The van der Waals surface area contributed by atoms with E-state index < -0.39 is 37.1 Å². The van der Waals surface area contributed by atoms with Gasteiger partial charge in [0.2, 0.25) is 10.0 Å². The van der Waals surface area contributed by atoms with Gasteiger partial charge >= 0.3 is 5.97 Å². The number of aliphatic carboxylic acids is 1. The number of carbonyl (C=O) groups is 1. The molecular formula is C10H19NO6S3. The second kappa shape index (κ2) is 7.10. The van der Waals surface area contributed by atoms with Gasteiger partial charge in [0.05, 0.1) is 16.8 Å². The first-order chi connectivity index (χ1) is 9.18. The first kappa shape index (κ1) is 17.7. The lowest BCUT2D eigenvalue weighted by atomic mass is 10.2. The van der Waals surface area contributed by atoms with Gasteiger partial charge in [-0.25, -0.2) is 21.6 Å². The Labute approximate surface area is 123 Å². The number of sulfonamides is 1. The number of carboxylic acids is 1. The molecule has 0 amide bonds. The summed E-state index contributed by atoms with van der Waals surface area (Å²) >= 11 is 1.43. The molecule has 20 heavy (non-hydrogen) atoms.